The van der Waals surface area contributed by atoms with Gasteiger partial charge in [0.25, 0.3) is 0 Å². The van der Waals surface area contributed by atoms with Crippen LogP contribution in [0.4, 0.5) is 0 Å². The number of pyridine rings is 1. The molecule has 5 heteroatoms. The number of ether oxygens (including phenoxy) is 1. The van der Waals surface area contributed by atoms with E-state index in [-0.39, 0.29) is 6.04 Å². The standard InChI is InChI=1S/C15H26N4O/c1-16-13(15-14(20-4)6-5-7-17-15)10-12-11-18(2)8-9-19(12)3/h5-7,12-13,16H,8-11H2,1-4H3. The van der Waals surface area contributed by atoms with Crippen LogP contribution in [0.15, 0.2) is 18.3 Å². The average molecular weight is 278 g/mol. The van der Waals surface area contributed by atoms with Gasteiger partial charge < -0.3 is 19.9 Å². The maximum absolute atomic E-state index is 5.44. The van der Waals surface area contributed by atoms with E-state index in [1.807, 2.05) is 25.4 Å². The summed E-state index contributed by atoms with van der Waals surface area (Å²) < 4.78 is 5.44. The van der Waals surface area contributed by atoms with Crippen LogP contribution in [-0.2, 0) is 0 Å². The first kappa shape index (κ1) is 15.2. The second-order valence-electron chi connectivity index (χ2n) is 5.56. The minimum atomic E-state index is 0.213. The molecular weight excluding hydrogens is 252 g/mol. The van der Waals surface area contributed by atoms with Gasteiger partial charge in [0, 0.05) is 31.9 Å². The predicted molar refractivity (Wildman–Crippen MR) is 81.1 cm³/mol. The van der Waals surface area contributed by atoms with Gasteiger partial charge in [0.15, 0.2) is 0 Å². The fraction of sp³-hybridized carbons (Fsp3) is 0.667. The number of methoxy groups -OCH3 is 1. The Morgan fingerprint density at radius 3 is 2.95 bits per heavy atom. The van der Waals surface area contributed by atoms with Crippen molar-refractivity contribution in [1.82, 2.24) is 20.1 Å². The van der Waals surface area contributed by atoms with Crippen molar-refractivity contribution in [2.24, 2.45) is 0 Å². The molecule has 0 aliphatic carbocycles. The lowest BCUT2D eigenvalue weighted by Gasteiger charge is -2.39. The number of nitrogens with zero attached hydrogens (tertiary/aromatic N) is 3. The van der Waals surface area contributed by atoms with E-state index in [1.165, 1.54) is 0 Å². The van der Waals surface area contributed by atoms with Gasteiger partial charge in [-0.3, -0.25) is 4.98 Å². The van der Waals surface area contributed by atoms with Crippen LogP contribution in [-0.4, -0.2) is 68.7 Å². The van der Waals surface area contributed by atoms with Gasteiger partial charge in [0.2, 0.25) is 0 Å². The molecule has 1 aromatic rings. The summed E-state index contributed by atoms with van der Waals surface area (Å²) in [6.45, 7) is 3.37. The van der Waals surface area contributed by atoms with Gasteiger partial charge in [-0.15, -0.1) is 0 Å². The van der Waals surface area contributed by atoms with Crippen LogP contribution in [0.5, 0.6) is 5.75 Å². The van der Waals surface area contributed by atoms with Gasteiger partial charge in [0.1, 0.15) is 5.75 Å². The minimum absolute atomic E-state index is 0.213. The van der Waals surface area contributed by atoms with E-state index in [1.54, 1.807) is 7.11 Å². The van der Waals surface area contributed by atoms with Crippen LogP contribution in [0.3, 0.4) is 0 Å². The summed E-state index contributed by atoms with van der Waals surface area (Å²) in [5.74, 6) is 0.860. The SMILES string of the molecule is CNC(CC1CN(C)CCN1C)c1ncccc1OC. The van der Waals surface area contributed by atoms with E-state index in [2.05, 4.69) is 34.2 Å². The highest BCUT2D eigenvalue weighted by Gasteiger charge is 2.27. The molecule has 0 radical (unpaired) electrons. The van der Waals surface area contributed by atoms with E-state index >= 15 is 0 Å². The molecule has 1 aliphatic rings. The summed E-state index contributed by atoms with van der Waals surface area (Å²) in [5, 5.41) is 3.39. The van der Waals surface area contributed by atoms with Gasteiger partial charge in [-0.25, -0.2) is 0 Å². The number of nitrogens with one attached hydrogen (secondary N) is 1. The number of likely N-dealkylation sites (N-methyl/N-ethyl adjacent to an activating group) is 2. The van der Waals surface area contributed by atoms with Gasteiger partial charge >= 0.3 is 0 Å². The Balaban J connectivity index is 2.12. The van der Waals surface area contributed by atoms with Gasteiger partial charge in [0.05, 0.1) is 18.8 Å². The fourth-order valence-corrected chi connectivity index (χ4v) is 2.83. The monoisotopic (exact) mass is 278 g/mol. The molecule has 20 heavy (non-hydrogen) atoms. The Kier molecular flexibility index (Phi) is 5.34. The first-order valence-electron chi connectivity index (χ1n) is 7.20. The maximum atomic E-state index is 5.44. The molecule has 2 unspecified atom stereocenters. The third-order valence-electron chi connectivity index (χ3n) is 4.19. The Morgan fingerprint density at radius 1 is 1.45 bits per heavy atom. The Morgan fingerprint density at radius 2 is 2.25 bits per heavy atom. The lowest BCUT2D eigenvalue weighted by atomic mass is 10.00. The van der Waals surface area contributed by atoms with Crippen molar-refractivity contribution in [1.29, 1.82) is 0 Å². The summed E-state index contributed by atoms with van der Waals surface area (Å²) >= 11 is 0. The zero-order chi connectivity index (χ0) is 14.5. The van der Waals surface area contributed by atoms with Crippen LogP contribution in [0.25, 0.3) is 0 Å². The molecule has 112 valence electrons. The summed E-state index contributed by atoms with van der Waals surface area (Å²) in [4.78, 5) is 9.35. The molecule has 1 fully saturated rings. The lowest BCUT2D eigenvalue weighted by molar-refractivity contribution is 0.101. The highest BCUT2D eigenvalue weighted by Crippen LogP contribution is 2.27. The highest BCUT2D eigenvalue weighted by molar-refractivity contribution is 5.29. The molecule has 5 nitrogen and oxygen atoms in total. The van der Waals surface area contributed by atoms with E-state index in [9.17, 15) is 0 Å². The smallest absolute Gasteiger partial charge is 0.141 e. The molecule has 0 amide bonds. The Hall–Kier alpha value is -1.17. The quantitative estimate of drug-likeness (QED) is 0.870. The van der Waals surface area contributed by atoms with Crippen molar-refractivity contribution >= 4 is 0 Å². The third kappa shape index (κ3) is 3.48. The van der Waals surface area contributed by atoms with Crippen molar-refractivity contribution in [2.45, 2.75) is 18.5 Å². The molecule has 2 rings (SSSR count). The number of aromatic nitrogens is 1. The third-order valence-corrected chi connectivity index (χ3v) is 4.19. The maximum Gasteiger partial charge on any atom is 0.141 e. The van der Waals surface area contributed by atoms with Crippen molar-refractivity contribution < 1.29 is 4.74 Å². The molecule has 0 saturated carbocycles. The largest absolute Gasteiger partial charge is 0.495 e. The van der Waals surface area contributed by atoms with Gasteiger partial charge in [-0.05, 0) is 39.7 Å². The summed E-state index contributed by atoms with van der Waals surface area (Å²) in [6.07, 6.45) is 2.86. The molecule has 0 bridgehead atoms. The zero-order valence-electron chi connectivity index (χ0n) is 13.0. The number of hydrogen-bond donors (Lipinski definition) is 1. The van der Waals surface area contributed by atoms with Crippen LogP contribution >= 0.6 is 0 Å². The van der Waals surface area contributed by atoms with Crippen LogP contribution in [0, 0.1) is 0 Å². The summed E-state index contributed by atoms with van der Waals surface area (Å²) in [7, 11) is 8.09. The minimum Gasteiger partial charge on any atom is -0.495 e. The van der Waals surface area contributed by atoms with E-state index < -0.39 is 0 Å². The predicted octanol–water partition coefficient (Wildman–Crippen LogP) is 0.987. The van der Waals surface area contributed by atoms with Crippen molar-refractivity contribution in [3.63, 3.8) is 0 Å². The highest BCUT2D eigenvalue weighted by atomic mass is 16.5. The Bertz CT molecular complexity index is 426. The van der Waals surface area contributed by atoms with E-state index in [0.29, 0.717) is 6.04 Å². The fourth-order valence-electron chi connectivity index (χ4n) is 2.83. The number of rotatable bonds is 5. The first-order valence-corrected chi connectivity index (χ1v) is 7.20. The molecular formula is C15H26N4O. The lowest BCUT2D eigenvalue weighted by Crippen LogP contribution is -2.51. The summed E-state index contributed by atoms with van der Waals surface area (Å²) in [5.41, 5.74) is 0.999. The Labute approximate surface area is 121 Å². The molecule has 1 aliphatic heterocycles. The second kappa shape index (κ2) is 7.02. The van der Waals surface area contributed by atoms with E-state index in [4.69, 9.17) is 4.74 Å². The average Bonchev–Trinajstić information content (AvgIpc) is 2.48. The van der Waals surface area contributed by atoms with Crippen molar-refractivity contribution in [3.8, 4) is 5.75 Å². The molecule has 1 N–H and O–H groups in total. The van der Waals surface area contributed by atoms with Crippen LogP contribution in [0.2, 0.25) is 0 Å². The summed E-state index contributed by atoms with van der Waals surface area (Å²) in [6, 6.07) is 4.64. The molecule has 2 heterocycles. The van der Waals surface area contributed by atoms with Gasteiger partial charge in [-0.2, -0.15) is 0 Å². The zero-order valence-corrected chi connectivity index (χ0v) is 13.0. The number of piperazine rings is 1. The van der Waals surface area contributed by atoms with Gasteiger partial charge in [-0.1, -0.05) is 0 Å². The molecule has 0 spiro atoms. The topological polar surface area (TPSA) is 40.6 Å². The van der Waals surface area contributed by atoms with Crippen LogP contribution < -0.4 is 10.1 Å². The van der Waals surface area contributed by atoms with Crippen molar-refractivity contribution in [2.75, 3.05) is 47.9 Å². The van der Waals surface area contributed by atoms with Crippen LogP contribution in [0.1, 0.15) is 18.2 Å². The normalized spacial score (nSPS) is 22.7. The molecule has 1 aromatic heterocycles. The first-order chi connectivity index (χ1) is 9.65. The molecule has 2 atom stereocenters. The number of hydrogen-bond acceptors (Lipinski definition) is 5. The van der Waals surface area contributed by atoms with E-state index in [0.717, 1.165) is 37.5 Å². The second-order valence-corrected chi connectivity index (χ2v) is 5.56. The molecule has 0 aromatic carbocycles. The van der Waals surface area contributed by atoms with Crippen molar-refractivity contribution in [3.05, 3.63) is 24.0 Å². The molecule has 1 saturated heterocycles.